The molecule has 3 heteroatoms. The van der Waals surface area contributed by atoms with Crippen molar-refractivity contribution in [3.05, 3.63) is 29.8 Å². The van der Waals surface area contributed by atoms with Gasteiger partial charge in [-0.1, -0.05) is 6.07 Å². The average Bonchev–Trinajstić information content (AvgIpc) is 2.02. The molecule has 1 heterocycles. The molecule has 1 atom stereocenters. The molecule has 0 bridgehead atoms. The highest BCUT2D eigenvalue weighted by molar-refractivity contribution is 5.75. The molecule has 0 saturated heterocycles. The van der Waals surface area contributed by atoms with Crippen LogP contribution in [0.5, 0.6) is 11.5 Å². The summed E-state index contributed by atoms with van der Waals surface area (Å²) in [7, 11) is 0. The molecular formula is C10H10O3. The number of allylic oxidation sites excluding steroid dienone is 1. The Kier molecular flexibility index (Phi) is 1.74. The predicted molar refractivity (Wildman–Crippen MR) is 48.4 cm³/mol. The van der Waals surface area contributed by atoms with Crippen LogP contribution >= 0.6 is 0 Å². The first-order valence-electron chi connectivity index (χ1n) is 4.04. The van der Waals surface area contributed by atoms with E-state index >= 15 is 0 Å². The summed E-state index contributed by atoms with van der Waals surface area (Å²) in [6.07, 6.45) is 0.650. The van der Waals surface area contributed by atoms with Crippen LogP contribution in [0.25, 0.3) is 5.57 Å². The molecule has 0 saturated carbocycles. The SMILES string of the molecule is CC1=CC(O)Oc2cccc(O)c21. The molecule has 0 radical (unpaired) electrons. The minimum Gasteiger partial charge on any atom is -0.507 e. The summed E-state index contributed by atoms with van der Waals surface area (Å²) in [5.41, 5.74) is 1.49. The molecule has 68 valence electrons. The number of phenolic OH excluding ortho intramolecular Hbond substituents is 1. The van der Waals surface area contributed by atoms with Crippen molar-refractivity contribution in [1.82, 2.24) is 0 Å². The van der Waals surface area contributed by atoms with E-state index in [9.17, 15) is 10.2 Å². The number of benzene rings is 1. The Labute approximate surface area is 75.9 Å². The van der Waals surface area contributed by atoms with E-state index < -0.39 is 6.29 Å². The first kappa shape index (κ1) is 8.13. The van der Waals surface area contributed by atoms with Crippen LogP contribution in [0.2, 0.25) is 0 Å². The maximum Gasteiger partial charge on any atom is 0.217 e. The number of aliphatic hydroxyl groups is 1. The molecule has 1 aliphatic rings. The molecule has 0 fully saturated rings. The van der Waals surface area contributed by atoms with Crippen LogP contribution in [0.4, 0.5) is 0 Å². The molecule has 1 aliphatic heterocycles. The van der Waals surface area contributed by atoms with Gasteiger partial charge in [0.2, 0.25) is 6.29 Å². The van der Waals surface area contributed by atoms with Crippen molar-refractivity contribution in [2.45, 2.75) is 13.2 Å². The third-order valence-electron chi connectivity index (χ3n) is 2.04. The second-order valence-electron chi connectivity index (χ2n) is 3.01. The van der Waals surface area contributed by atoms with Gasteiger partial charge >= 0.3 is 0 Å². The molecule has 1 unspecified atom stereocenters. The number of fused-ring (bicyclic) bond motifs is 1. The van der Waals surface area contributed by atoms with Crippen molar-refractivity contribution in [3.63, 3.8) is 0 Å². The number of aliphatic hydroxyl groups excluding tert-OH is 1. The van der Waals surface area contributed by atoms with Gasteiger partial charge in [-0.05, 0) is 30.7 Å². The first-order chi connectivity index (χ1) is 6.18. The third kappa shape index (κ3) is 1.27. The second kappa shape index (κ2) is 2.78. The van der Waals surface area contributed by atoms with Crippen LogP contribution in [0, 0.1) is 0 Å². The molecule has 1 aromatic rings. The van der Waals surface area contributed by atoms with E-state index in [1.807, 2.05) is 6.92 Å². The van der Waals surface area contributed by atoms with Gasteiger partial charge in [0.1, 0.15) is 11.5 Å². The topological polar surface area (TPSA) is 49.7 Å². The van der Waals surface area contributed by atoms with Gasteiger partial charge in [0.05, 0.1) is 5.56 Å². The predicted octanol–water partition coefficient (Wildman–Crippen LogP) is 1.51. The van der Waals surface area contributed by atoms with Crippen molar-refractivity contribution in [3.8, 4) is 11.5 Å². The van der Waals surface area contributed by atoms with Gasteiger partial charge in [-0.25, -0.2) is 0 Å². The lowest BCUT2D eigenvalue weighted by Crippen LogP contribution is -2.17. The van der Waals surface area contributed by atoms with Gasteiger partial charge in [0, 0.05) is 0 Å². The Bertz CT molecular complexity index is 368. The van der Waals surface area contributed by atoms with Crippen LogP contribution in [0.3, 0.4) is 0 Å². The second-order valence-corrected chi connectivity index (χ2v) is 3.01. The first-order valence-corrected chi connectivity index (χ1v) is 4.04. The van der Waals surface area contributed by atoms with Crippen LogP contribution < -0.4 is 4.74 Å². The van der Waals surface area contributed by atoms with Crippen molar-refractivity contribution < 1.29 is 14.9 Å². The zero-order valence-corrected chi connectivity index (χ0v) is 7.19. The maximum atomic E-state index is 9.51. The molecule has 0 spiro atoms. The molecule has 2 N–H and O–H groups in total. The highest BCUT2D eigenvalue weighted by Crippen LogP contribution is 2.37. The summed E-state index contributed by atoms with van der Waals surface area (Å²) in [6.45, 7) is 1.82. The van der Waals surface area contributed by atoms with Gasteiger partial charge in [-0.3, -0.25) is 0 Å². The molecule has 0 aromatic heterocycles. The van der Waals surface area contributed by atoms with E-state index in [0.717, 1.165) is 5.57 Å². The largest absolute Gasteiger partial charge is 0.507 e. The zero-order valence-electron chi connectivity index (χ0n) is 7.19. The Morgan fingerprint density at radius 3 is 2.92 bits per heavy atom. The van der Waals surface area contributed by atoms with Gasteiger partial charge in [0.25, 0.3) is 0 Å². The van der Waals surface area contributed by atoms with Crippen molar-refractivity contribution in [2.24, 2.45) is 0 Å². The quantitative estimate of drug-likeness (QED) is 0.633. The van der Waals surface area contributed by atoms with Crippen molar-refractivity contribution in [1.29, 1.82) is 0 Å². The monoisotopic (exact) mass is 178 g/mol. The van der Waals surface area contributed by atoms with Gasteiger partial charge in [0.15, 0.2) is 0 Å². The fourth-order valence-corrected chi connectivity index (χ4v) is 1.48. The highest BCUT2D eigenvalue weighted by Gasteiger charge is 2.18. The van der Waals surface area contributed by atoms with E-state index in [-0.39, 0.29) is 5.75 Å². The summed E-state index contributed by atoms with van der Waals surface area (Å²) in [5, 5.41) is 18.7. The Morgan fingerprint density at radius 2 is 2.15 bits per heavy atom. The summed E-state index contributed by atoms with van der Waals surface area (Å²) >= 11 is 0. The standard InChI is InChI=1S/C10H10O3/c1-6-5-9(12)13-8-4-2-3-7(11)10(6)8/h2-5,9,11-12H,1H3. The zero-order chi connectivity index (χ0) is 9.42. The summed E-state index contributed by atoms with van der Waals surface area (Å²) in [6, 6.07) is 4.99. The highest BCUT2D eigenvalue weighted by atomic mass is 16.6. The fraction of sp³-hybridized carbons (Fsp3) is 0.200. The third-order valence-corrected chi connectivity index (χ3v) is 2.04. The van der Waals surface area contributed by atoms with Crippen LogP contribution in [0.15, 0.2) is 24.3 Å². The van der Waals surface area contributed by atoms with Gasteiger partial charge < -0.3 is 14.9 Å². The Hall–Kier alpha value is -1.48. The number of rotatable bonds is 0. The normalized spacial score (nSPS) is 20.2. The lowest BCUT2D eigenvalue weighted by molar-refractivity contribution is 0.0223. The number of aromatic hydroxyl groups is 1. The Balaban J connectivity index is 2.60. The number of phenols is 1. The number of ether oxygens (including phenoxy) is 1. The van der Waals surface area contributed by atoms with Crippen LogP contribution in [-0.4, -0.2) is 16.5 Å². The molecular weight excluding hydrogens is 168 g/mol. The summed E-state index contributed by atoms with van der Waals surface area (Å²) in [4.78, 5) is 0. The minimum atomic E-state index is -0.908. The smallest absolute Gasteiger partial charge is 0.217 e. The molecule has 1 aromatic carbocycles. The minimum absolute atomic E-state index is 0.179. The maximum absolute atomic E-state index is 9.51. The molecule has 3 nitrogen and oxygen atoms in total. The van der Waals surface area contributed by atoms with E-state index in [2.05, 4.69) is 0 Å². The van der Waals surface area contributed by atoms with E-state index in [0.29, 0.717) is 11.3 Å². The molecule has 13 heavy (non-hydrogen) atoms. The van der Waals surface area contributed by atoms with E-state index in [4.69, 9.17) is 4.74 Å². The van der Waals surface area contributed by atoms with Crippen LogP contribution in [-0.2, 0) is 0 Å². The lowest BCUT2D eigenvalue weighted by Gasteiger charge is -2.20. The van der Waals surface area contributed by atoms with Crippen molar-refractivity contribution >= 4 is 5.57 Å². The van der Waals surface area contributed by atoms with E-state index in [1.54, 1.807) is 24.3 Å². The lowest BCUT2D eigenvalue weighted by atomic mass is 10.0. The van der Waals surface area contributed by atoms with E-state index in [1.165, 1.54) is 0 Å². The molecule has 2 rings (SSSR count). The van der Waals surface area contributed by atoms with Gasteiger partial charge in [-0.15, -0.1) is 0 Å². The Morgan fingerprint density at radius 1 is 1.38 bits per heavy atom. The van der Waals surface area contributed by atoms with Crippen molar-refractivity contribution in [2.75, 3.05) is 0 Å². The van der Waals surface area contributed by atoms with Gasteiger partial charge in [-0.2, -0.15) is 0 Å². The molecule has 0 amide bonds. The molecule has 0 aliphatic carbocycles. The number of hydrogen-bond acceptors (Lipinski definition) is 3. The average molecular weight is 178 g/mol. The number of hydrogen-bond donors (Lipinski definition) is 2. The fourth-order valence-electron chi connectivity index (χ4n) is 1.48. The van der Waals surface area contributed by atoms with Crippen LogP contribution in [0.1, 0.15) is 12.5 Å². The summed E-state index contributed by atoms with van der Waals surface area (Å²) < 4.78 is 5.10. The summed E-state index contributed by atoms with van der Waals surface area (Å²) in [5.74, 6) is 0.700.